The van der Waals surface area contributed by atoms with Crippen molar-refractivity contribution < 1.29 is 23.8 Å². The van der Waals surface area contributed by atoms with E-state index in [-0.39, 0.29) is 46.2 Å². The molecule has 0 bridgehead atoms. The third-order valence-corrected chi connectivity index (χ3v) is 20.2. The number of rotatable bonds is 29. The fourth-order valence-corrected chi connectivity index (χ4v) is 14.0. The number of hydrogen-bond donors (Lipinski definition) is 2. The summed E-state index contributed by atoms with van der Waals surface area (Å²) in [7, 11) is 1.78. The number of nitrogens with one attached hydrogen (secondary N) is 2. The van der Waals surface area contributed by atoms with Gasteiger partial charge in [-0.1, -0.05) is 87.1 Å². The topological polar surface area (TPSA) is 118 Å². The first-order chi connectivity index (χ1) is 38.2. The van der Waals surface area contributed by atoms with E-state index in [1.807, 2.05) is 5.01 Å². The molecule has 1 aromatic heterocycles. The number of aryl methyl sites for hydroxylation is 1. The number of aromatic nitrogens is 1. The smallest absolute Gasteiger partial charge is 0.260 e. The van der Waals surface area contributed by atoms with Crippen LogP contribution in [-0.2, 0) is 23.8 Å². The number of hydrazine groups is 1. The van der Waals surface area contributed by atoms with E-state index in [9.17, 15) is 0 Å². The normalized spacial score (nSPS) is 22.7. The standard InChI is InChI=1S/C66H109N9O5/c1-14-17-30-75(62(77)58(43-70-44-66(45-70)46-80-47-66)69-61(76)60(48(4)5)74-29-19-26-65(74,12)25-18-24-64(11,15-2)16-3)68-28-27-63(9,10)41-57(55-39-53(21-20-49(55)6)73-35-37-79-38-36-73)50(7)56-40-54(42-67-59(56)51(8)78-13)72-33-31-71(32-34-72)52-22-23-52/h20-21,39-40,42,48,51-52,58,60,68H,14-19,22-38,41,43-47H2,1-13H3,(H,69,76)/b57-50+. The predicted octanol–water partition coefficient (Wildman–Crippen LogP) is 10.8. The Morgan fingerprint density at radius 3 is 2.20 bits per heavy atom. The SMILES string of the molecule is CCCCN(NCCC(C)(C)C/C(=C(/C)c1cc(N2CCN(C3CC3)CC2)cnc1C(C)OC)c1cc(N2CCOCC2)ccc1C)C(=O)C(CN1CC2(COC2)C1)NC(=O)C(C(C)C)N1CCCC1(C)CCCC(C)(CC)CC. The number of carbonyl (C=O) groups is 2. The van der Waals surface area contributed by atoms with E-state index in [1.54, 1.807) is 7.11 Å². The highest BCUT2D eigenvalue weighted by atomic mass is 16.5. The van der Waals surface area contributed by atoms with Crippen LogP contribution in [0.15, 0.2) is 30.5 Å². The molecular weight excluding hydrogens is 999 g/mol. The first-order valence-electron chi connectivity index (χ1n) is 31.8. The van der Waals surface area contributed by atoms with Crippen molar-refractivity contribution in [2.24, 2.45) is 22.2 Å². The molecule has 1 aromatic carbocycles. The van der Waals surface area contributed by atoms with Gasteiger partial charge < -0.3 is 29.3 Å². The molecular formula is C66H109N9O5. The van der Waals surface area contributed by atoms with Gasteiger partial charge in [-0.3, -0.25) is 34.3 Å². The van der Waals surface area contributed by atoms with E-state index in [4.69, 9.17) is 19.2 Å². The zero-order valence-electron chi connectivity index (χ0n) is 52.5. The zero-order valence-corrected chi connectivity index (χ0v) is 52.5. The number of pyridine rings is 1. The lowest BCUT2D eigenvalue weighted by atomic mass is 9.77. The van der Waals surface area contributed by atoms with Gasteiger partial charge in [0.25, 0.3) is 5.91 Å². The number of ether oxygens (including phenoxy) is 3. The van der Waals surface area contributed by atoms with Crippen LogP contribution in [0.25, 0.3) is 11.1 Å². The first kappa shape index (κ1) is 62.4. The van der Waals surface area contributed by atoms with Crippen LogP contribution < -0.4 is 20.5 Å². The van der Waals surface area contributed by atoms with Crippen molar-refractivity contribution in [3.63, 3.8) is 0 Å². The Hall–Kier alpha value is -3.63. The minimum absolute atomic E-state index is 0.0141. The number of anilines is 2. The van der Waals surface area contributed by atoms with Crippen LogP contribution in [0.4, 0.5) is 11.4 Å². The number of benzene rings is 1. The highest BCUT2D eigenvalue weighted by Gasteiger charge is 2.50. The third-order valence-electron chi connectivity index (χ3n) is 20.2. The lowest BCUT2D eigenvalue weighted by Crippen LogP contribution is -2.69. The van der Waals surface area contributed by atoms with Crippen LogP contribution in [0, 0.1) is 29.1 Å². The van der Waals surface area contributed by atoms with Crippen LogP contribution >= 0.6 is 0 Å². The summed E-state index contributed by atoms with van der Waals surface area (Å²) in [5.74, 6) is 0.0280. The quantitative estimate of drug-likeness (QED) is 0.0755. The highest BCUT2D eigenvalue weighted by Crippen LogP contribution is 2.44. The molecule has 4 unspecified atom stereocenters. The minimum Gasteiger partial charge on any atom is -0.380 e. The summed E-state index contributed by atoms with van der Waals surface area (Å²) < 4.78 is 17.5. The number of carbonyl (C=O) groups excluding carboxylic acids is 2. The second-order valence-electron chi connectivity index (χ2n) is 27.4. The molecule has 6 fully saturated rings. The molecule has 448 valence electrons. The van der Waals surface area contributed by atoms with Crippen molar-refractivity contribution in [1.82, 2.24) is 35.4 Å². The largest absolute Gasteiger partial charge is 0.380 e. The fourth-order valence-electron chi connectivity index (χ4n) is 14.0. The van der Waals surface area contributed by atoms with Gasteiger partial charge in [0.15, 0.2) is 0 Å². The van der Waals surface area contributed by atoms with E-state index in [0.29, 0.717) is 25.0 Å². The number of morpholine rings is 1. The monoisotopic (exact) mass is 1110 g/mol. The third kappa shape index (κ3) is 15.2. The number of methoxy groups -OCH3 is 1. The Bertz CT molecular complexity index is 2380. The number of unbranched alkanes of at least 4 members (excludes halogenated alkanes) is 1. The van der Waals surface area contributed by atoms with Gasteiger partial charge in [0, 0.05) is 107 Å². The van der Waals surface area contributed by atoms with Gasteiger partial charge in [-0.05, 0) is 149 Å². The number of allylic oxidation sites excluding steroid dienone is 2. The zero-order chi connectivity index (χ0) is 57.4. The van der Waals surface area contributed by atoms with Crippen molar-refractivity contribution in [2.75, 3.05) is 122 Å². The van der Waals surface area contributed by atoms with Gasteiger partial charge in [0.05, 0.1) is 56.2 Å². The summed E-state index contributed by atoms with van der Waals surface area (Å²) >= 11 is 0. The molecule has 0 radical (unpaired) electrons. The molecule has 2 N–H and O–H groups in total. The summed E-state index contributed by atoms with van der Waals surface area (Å²) in [6.45, 7) is 40.7. The lowest BCUT2D eigenvalue weighted by molar-refractivity contribution is -0.191. The van der Waals surface area contributed by atoms with Crippen molar-refractivity contribution in [3.05, 3.63) is 52.8 Å². The molecule has 6 aliphatic rings. The Kier molecular flexibility index (Phi) is 21.4. The van der Waals surface area contributed by atoms with Crippen LogP contribution in [-0.4, -0.2) is 172 Å². The van der Waals surface area contributed by atoms with Gasteiger partial charge in [0.1, 0.15) is 6.04 Å². The molecule has 2 aromatic rings. The molecule has 5 aliphatic heterocycles. The number of nitrogens with zero attached hydrogens (tertiary/aromatic N) is 7. The van der Waals surface area contributed by atoms with Gasteiger partial charge in [-0.2, -0.15) is 0 Å². The summed E-state index contributed by atoms with van der Waals surface area (Å²) in [5, 5.41) is 5.34. The Morgan fingerprint density at radius 2 is 1.57 bits per heavy atom. The molecule has 6 heterocycles. The average molecular weight is 1110 g/mol. The minimum atomic E-state index is -0.683. The van der Waals surface area contributed by atoms with E-state index in [0.717, 1.165) is 154 Å². The van der Waals surface area contributed by atoms with E-state index >= 15 is 9.59 Å². The van der Waals surface area contributed by atoms with Crippen molar-refractivity contribution >= 4 is 34.3 Å². The maximum absolute atomic E-state index is 15.3. The molecule has 2 amide bonds. The van der Waals surface area contributed by atoms with Crippen LogP contribution in [0.3, 0.4) is 0 Å². The number of amides is 2. The maximum Gasteiger partial charge on any atom is 0.260 e. The van der Waals surface area contributed by atoms with Crippen LogP contribution in [0.2, 0.25) is 0 Å². The number of hydrogen-bond acceptors (Lipinski definition) is 12. The predicted molar refractivity (Wildman–Crippen MR) is 328 cm³/mol. The summed E-state index contributed by atoms with van der Waals surface area (Å²) in [6, 6.07) is 9.16. The Labute approximate surface area is 484 Å². The van der Waals surface area contributed by atoms with Gasteiger partial charge >= 0.3 is 0 Å². The Morgan fingerprint density at radius 1 is 0.887 bits per heavy atom. The first-order valence-corrected chi connectivity index (χ1v) is 31.8. The molecule has 80 heavy (non-hydrogen) atoms. The highest BCUT2D eigenvalue weighted by molar-refractivity contribution is 5.93. The van der Waals surface area contributed by atoms with Crippen molar-refractivity contribution in [3.8, 4) is 0 Å². The molecule has 14 heteroatoms. The second kappa shape index (κ2) is 27.4. The summed E-state index contributed by atoms with van der Waals surface area (Å²) in [6.07, 6.45) is 16.0. The van der Waals surface area contributed by atoms with Gasteiger partial charge in [0.2, 0.25) is 5.91 Å². The molecule has 5 saturated heterocycles. The molecule has 1 saturated carbocycles. The number of piperazine rings is 1. The second-order valence-corrected chi connectivity index (χ2v) is 27.4. The molecule has 14 nitrogen and oxygen atoms in total. The fraction of sp³-hybridized carbons (Fsp3) is 0.773. The van der Waals surface area contributed by atoms with Gasteiger partial charge in [-0.25, -0.2) is 5.43 Å². The molecule has 1 spiro atoms. The lowest BCUT2D eigenvalue weighted by Gasteiger charge is -2.55. The Balaban J connectivity index is 1.04. The van der Waals surface area contributed by atoms with E-state index in [2.05, 4.69) is 149 Å². The van der Waals surface area contributed by atoms with Crippen LogP contribution in [0.1, 0.15) is 188 Å². The maximum atomic E-state index is 15.3. The van der Waals surface area contributed by atoms with Crippen LogP contribution in [0.5, 0.6) is 0 Å². The average Bonchev–Trinajstić information content (AvgIpc) is 4.23. The molecule has 4 atom stereocenters. The van der Waals surface area contributed by atoms with Gasteiger partial charge in [-0.15, -0.1) is 0 Å². The van der Waals surface area contributed by atoms with Crippen molar-refractivity contribution in [2.45, 2.75) is 196 Å². The molecule has 1 aliphatic carbocycles. The summed E-state index contributed by atoms with van der Waals surface area (Å²) in [5.41, 5.74) is 13.6. The van der Waals surface area contributed by atoms with E-state index < -0.39 is 6.04 Å². The molecule has 8 rings (SSSR count). The van der Waals surface area contributed by atoms with E-state index in [1.165, 1.54) is 65.8 Å². The summed E-state index contributed by atoms with van der Waals surface area (Å²) in [4.78, 5) is 48.2. The number of likely N-dealkylation sites (tertiary alicyclic amines) is 2. The van der Waals surface area contributed by atoms with Crippen molar-refractivity contribution in [1.29, 1.82) is 0 Å².